The van der Waals surface area contributed by atoms with Crippen LogP contribution in [0.3, 0.4) is 0 Å². The number of aromatic nitrogens is 1. The van der Waals surface area contributed by atoms with Crippen LogP contribution in [0.1, 0.15) is 23.6 Å². The quantitative estimate of drug-likeness (QED) is 0.937. The maximum atomic E-state index is 9.18. The lowest BCUT2D eigenvalue weighted by atomic mass is 9.92. The molecule has 0 spiro atoms. The highest BCUT2D eigenvalue weighted by molar-refractivity contribution is 9.10. The van der Waals surface area contributed by atoms with Gasteiger partial charge in [-0.05, 0) is 36.2 Å². The zero-order valence-corrected chi connectivity index (χ0v) is 11.0. The predicted octanol–water partition coefficient (Wildman–Crippen LogP) is 3.36. The van der Waals surface area contributed by atoms with Gasteiger partial charge in [-0.15, -0.1) is 0 Å². The average molecular weight is 292 g/mol. The molecule has 0 saturated heterocycles. The van der Waals surface area contributed by atoms with E-state index in [0.29, 0.717) is 6.42 Å². The minimum absolute atomic E-state index is 0.161. The maximum Gasteiger partial charge on any atom is 0.0479 e. The largest absolute Gasteiger partial charge is 0.396 e. The molecule has 0 bridgehead atoms. The van der Waals surface area contributed by atoms with Gasteiger partial charge in [0.05, 0.1) is 0 Å². The van der Waals surface area contributed by atoms with Gasteiger partial charge in [0.25, 0.3) is 0 Å². The Bertz CT molecular complexity index is 455. The van der Waals surface area contributed by atoms with Gasteiger partial charge in [-0.2, -0.15) is 0 Å². The van der Waals surface area contributed by atoms with Gasteiger partial charge in [0.15, 0.2) is 0 Å². The van der Waals surface area contributed by atoms with E-state index in [1.54, 1.807) is 6.20 Å². The number of aliphatic hydroxyl groups excluding tert-OH is 1. The van der Waals surface area contributed by atoms with E-state index in [-0.39, 0.29) is 12.5 Å². The normalized spacial score (nSPS) is 12.4. The van der Waals surface area contributed by atoms with Crippen molar-refractivity contribution in [2.24, 2.45) is 0 Å². The molecule has 1 aromatic heterocycles. The summed E-state index contributed by atoms with van der Waals surface area (Å²) in [5.74, 6) is 0.161. The molecule has 0 amide bonds. The Morgan fingerprint density at radius 1 is 1.12 bits per heavy atom. The zero-order chi connectivity index (χ0) is 12.1. The number of benzene rings is 1. The highest BCUT2D eigenvalue weighted by Crippen LogP contribution is 2.27. The number of nitrogens with zero attached hydrogens (tertiary/aromatic N) is 1. The van der Waals surface area contributed by atoms with E-state index in [1.807, 2.05) is 30.3 Å². The minimum Gasteiger partial charge on any atom is -0.396 e. The first-order chi connectivity index (χ1) is 8.31. The van der Waals surface area contributed by atoms with E-state index < -0.39 is 0 Å². The van der Waals surface area contributed by atoms with Gasteiger partial charge in [0.1, 0.15) is 0 Å². The molecule has 1 atom stereocenters. The van der Waals surface area contributed by atoms with E-state index in [4.69, 9.17) is 0 Å². The molecule has 0 fully saturated rings. The third kappa shape index (κ3) is 3.14. The molecule has 2 aromatic rings. The van der Waals surface area contributed by atoms with Gasteiger partial charge in [0.2, 0.25) is 0 Å². The lowest BCUT2D eigenvalue weighted by Crippen LogP contribution is -2.05. The Kier molecular flexibility index (Phi) is 4.29. The van der Waals surface area contributed by atoms with Crippen LogP contribution in [0.4, 0.5) is 0 Å². The van der Waals surface area contributed by atoms with E-state index in [2.05, 4.69) is 33.0 Å². The van der Waals surface area contributed by atoms with Crippen molar-refractivity contribution in [3.05, 3.63) is 64.4 Å². The average Bonchev–Trinajstić information content (AvgIpc) is 2.38. The van der Waals surface area contributed by atoms with E-state index in [1.165, 1.54) is 5.56 Å². The molecule has 1 unspecified atom stereocenters. The lowest BCUT2D eigenvalue weighted by Gasteiger charge is -2.15. The van der Waals surface area contributed by atoms with Crippen LogP contribution in [0.15, 0.2) is 53.1 Å². The molecular formula is C14H14BrNO. The zero-order valence-electron chi connectivity index (χ0n) is 9.38. The SMILES string of the molecule is OCCC(c1ccc(Br)cc1)c1ccccn1. The Balaban J connectivity index is 2.32. The van der Waals surface area contributed by atoms with Gasteiger partial charge < -0.3 is 5.11 Å². The van der Waals surface area contributed by atoms with Crippen molar-refractivity contribution in [1.82, 2.24) is 4.98 Å². The van der Waals surface area contributed by atoms with E-state index in [9.17, 15) is 5.11 Å². The van der Waals surface area contributed by atoms with Crippen LogP contribution in [0.5, 0.6) is 0 Å². The molecule has 1 heterocycles. The van der Waals surface area contributed by atoms with Gasteiger partial charge >= 0.3 is 0 Å². The summed E-state index contributed by atoms with van der Waals surface area (Å²) in [6, 6.07) is 14.1. The molecule has 0 radical (unpaired) electrons. The number of aliphatic hydroxyl groups is 1. The van der Waals surface area contributed by atoms with Gasteiger partial charge in [0, 0.05) is 28.9 Å². The molecule has 2 nitrogen and oxygen atoms in total. The third-order valence-corrected chi connectivity index (χ3v) is 3.26. The van der Waals surface area contributed by atoms with Crippen LogP contribution >= 0.6 is 15.9 Å². The second-order valence-electron chi connectivity index (χ2n) is 3.87. The fraction of sp³-hybridized carbons (Fsp3) is 0.214. The molecule has 88 valence electrons. The molecule has 0 aliphatic rings. The summed E-state index contributed by atoms with van der Waals surface area (Å²) in [6.45, 7) is 0.164. The fourth-order valence-electron chi connectivity index (χ4n) is 1.89. The number of hydrogen-bond acceptors (Lipinski definition) is 2. The number of halogens is 1. The molecule has 1 N–H and O–H groups in total. The molecule has 3 heteroatoms. The first kappa shape index (κ1) is 12.3. The second kappa shape index (κ2) is 5.94. The monoisotopic (exact) mass is 291 g/mol. The Morgan fingerprint density at radius 2 is 1.88 bits per heavy atom. The predicted molar refractivity (Wildman–Crippen MR) is 71.9 cm³/mol. The highest BCUT2D eigenvalue weighted by atomic mass is 79.9. The maximum absolute atomic E-state index is 9.18. The fourth-order valence-corrected chi connectivity index (χ4v) is 2.16. The van der Waals surface area contributed by atoms with Crippen molar-refractivity contribution in [3.8, 4) is 0 Å². The summed E-state index contributed by atoms with van der Waals surface area (Å²) in [5.41, 5.74) is 2.19. The van der Waals surface area contributed by atoms with Crippen LogP contribution in [-0.2, 0) is 0 Å². The Hall–Kier alpha value is -1.19. The van der Waals surface area contributed by atoms with Crippen molar-refractivity contribution >= 4 is 15.9 Å². The van der Waals surface area contributed by atoms with Crippen molar-refractivity contribution < 1.29 is 5.11 Å². The molecule has 0 aliphatic carbocycles. The number of hydrogen-bond donors (Lipinski definition) is 1. The molecule has 1 aromatic carbocycles. The first-order valence-corrected chi connectivity index (χ1v) is 6.38. The topological polar surface area (TPSA) is 33.1 Å². The van der Waals surface area contributed by atoms with Crippen LogP contribution in [0.2, 0.25) is 0 Å². The van der Waals surface area contributed by atoms with Crippen LogP contribution in [0, 0.1) is 0 Å². The third-order valence-electron chi connectivity index (χ3n) is 2.73. The van der Waals surface area contributed by atoms with Crippen LogP contribution < -0.4 is 0 Å². The van der Waals surface area contributed by atoms with Crippen molar-refractivity contribution in [1.29, 1.82) is 0 Å². The van der Waals surface area contributed by atoms with Crippen molar-refractivity contribution in [2.45, 2.75) is 12.3 Å². The Labute approximate surface area is 109 Å². The van der Waals surface area contributed by atoms with Crippen LogP contribution in [0.25, 0.3) is 0 Å². The van der Waals surface area contributed by atoms with Gasteiger partial charge in [-0.1, -0.05) is 34.1 Å². The van der Waals surface area contributed by atoms with Crippen molar-refractivity contribution in [3.63, 3.8) is 0 Å². The second-order valence-corrected chi connectivity index (χ2v) is 4.79. The number of rotatable bonds is 4. The van der Waals surface area contributed by atoms with Crippen molar-refractivity contribution in [2.75, 3.05) is 6.61 Å². The summed E-state index contributed by atoms with van der Waals surface area (Å²) < 4.78 is 1.06. The number of pyridine rings is 1. The van der Waals surface area contributed by atoms with E-state index in [0.717, 1.165) is 10.2 Å². The smallest absolute Gasteiger partial charge is 0.0479 e. The van der Waals surface area contributed by atoms with E-state index >= 15 is 0 Å². The molecule has 0 saturated carbocycles. The molecular weight excluding hydrogens is 278 g/mol. The summed E-state index contributed by atoms with van der Waals surface area (Å²) >= 11 is 3.42. The highest BCUT2D eigenvalue weighted by Gasteiger charge is 2.14. The lowest BCUT2D eigenvalue weighted by molar-refractivity contribution is 0.281. The molecule has 2 rings (SSSR count). The van der Waals surface area contributed by atoms with Gasteiger partial charge in [-0.3, -0.25) is 4.98 Å². The summed E-state index contributed by atoms with van der Waals surface area (Å²) in [6.07, 6.45) is 2.48. The summed E-state index contributed by atoms with van der Waals surface area (Å²) in [7, 11) is 0. The standard InChI is InChI=1S/C14H14BrNO/c15-12-6-4-11(5-7-12)13(8-10-17)14-3-1-2-9-16-14/h1-7,9,13,17H,8,10H2. The van der Waals surface area contributed by atoms with Crippen LogP contribution in [-0.4, -0.2) is 16.7 Å². The van der Waals surface area contributed by atoms with Gasteiger partial charge in [-0.25, -0.2) is 0 Å². The molecule has 0 aliphatic heterocycles. The minimum atomic E-state index is 0.161. The summed E-state index contributed by atoms with van der Waals surface area (Å²) in [5, 5.41) is 9.18. The molecule has 17 heavy (non-hydrogen) atoms. The Morgan fingerprint density at radius 3 is 2.47 bits per heavy atom. The first-order valence-electron chi connectivity index (χ1n) is 5.58. The summed E-state index contributed by atoms with van der Waals surface area (Å²) in [4.78, 5) is 4.37.